The predicted octanol–water partition coefficient (Wildman–Crippen LogP) is 3.65. The van der Waals surface area contributed by atoms with Crippen molar-refractivity contribution in [2.75, 3.05) is 29.9 Å². The molecule has 8 nitrogen and oxygen atoms in total. The van der Waals surface area contributed by atoms with Gasteiger partial charge < -0.3 is 19.9 Å². The van der Waals surface area contributed by atoms with E-state index >= 15 is 0 Å². The lowest BCUT2D eigenvalue weighted by Gasteiger charge is -2.31. The number of fused-ring (bicyclic) bond motifs is 1. The van der Waals surface area contributed by atoms with Crippen LogP contribution >= 0.6 is 0 Å². The molecular formula is C26H29N3O5. The van der Waals surface area contributed by atoms with Crippen molar-refractivity contribution in [1.82, 2.24) is 4.90 Å². The fourth-order valence-electron chi connectivity index (χ4n) is 4.48. The number of nitrogens with one attached hydrogen (secondary N) is 1. The lowest BCUT2D eigenvalue weighted by Crippen LogP contribution is -2.43. The number of anilines is 2. The molecule has 3 amide bonds. The van der Waals surface area contributed by atoms with Crippen LogP contribution < -0.4 is 10.2 Å². The molecule has 1 atom stereocenters. The van der Waals surface area contributed by atoms with E-state index in [4.69, 9.17) is 4.74 Å². The lowest BCUT2D eigenvalue weighted by molar-refractivity contribution is -0.152. The topological polar surface area (TPSA) is 96.0 Å². The number of carbonyl (C=O) groups is 4. The number of nitrogens with zero attached hydrogens (tertiary/aromatic N) is 2. The molecule has 34 heavy (non-hydrogen) atoms. The number of urea groups is 1. The van der Waals surface area contributed by atoms with Gasteiger partial charge in [0.2, 0.25) is 11.7 Å². The van der Waals surface area contributed by atoms with E-state index in [0.29, 0.717) is 44.5 Å². The average Bonchev–Trinajstić information content (AvgIpc) is 3.28. The van der Waals surface area contributed by atoms with Crippen molar-refractivity contribution in [1.29, 1.82) is 0 Å². The van der Waals surface area contributed by atoms with Gasteiger partial charge in [-0.25, -0.2) is 4.79 Å². The number of rotatable bonds is 5. The smallest absolute Gasteiger partial charge is 0.321 e. The summed E-state index contributed by atoms with van der Waals surface area (Å²) >= 11 is 0. The van der Waals surface area contributed by atoms with Gasteiger partial charge in [0.05, 0.1) is 5.92 Å². The molecule has 2 aliphatic heterocycles. The van der Waals surface area contributed by atoms with Gasteiger partial charge in [-0.15, -0.1) is 0 Å². The van der Waals surface area contributed by atoms with Crippen LogP contribution in [0.15, 0.2) is 48.5 Å². The summed E-state index contributed by atoms with van der Waals surface area (Å²) < 4.78 is 5.50. The lowest BCUT2D eigenvalue weighted by atomic mass is 9.97. The molecule has 0 saturated carbocycles. The van der Waals surface area contributed by atoms with E-state index < -0.39 is 12.1 Å². The normalized spacial score (nSPS) is 16.5. The zero-order valence-corrected chi connectivity index (χ0v) is 19.5. The first-order valence-electron chi connectivity index (χ1n) is 11.6. The quantitative estimate of drug-likeness (QED) is 0.539. The number of ketones is 1. The summed E-state index contributed by atoms with van der Waals surface area (Å²) in [6.07, 6.45) is 0.763. The number of carbonyl (C=O) groups excluding carboxylic acids is 4. The van der Waals surface area contributed by atoms with Gasteiger partial charge in [-0.1, -0.05) is 18.2 Å². The molecule has 0 unspecified atom stereocenters. The number of ether oxygens (including phenoxy) is 1. The van der Waals surface area contributed by atoms with Crippen molar-refractivity contribution in [3.8, 4) is 0 Å². The molecule has 2 aromatic carbocycles. The second-order valence-electron chi connectivity index (χ2n) is 8.77. The molecule has 1 N–H and O–H groups in total. The highest BCUT2D eigenvalue weighted by atomic mass is 16.5. The second kappa shape index (κ2) is 10.1. The molecule has 1 fully saturated rings. The molecule has 0 radical (unpaired) electrons. The van der Waals surface area contributed by atoms with Crippen LogP contribution in [0.2, 0.25) is 0 Å². The van der Waals surface area contributed by atoms with E-state index in [0.717, 1.165) is 16.9 Å². The van der Waals surface area contributed by atoms with Crippen molar-refractivity contribution >= 4 is 35.1 Å². The first-order valence-corrected chi connectivity index (χ1v) is 11.6. The second-order valence-corrected chi connectivity index (χ2v) is 8.77. The molecule has 2 aromatic rings. The number of para-hydroxylation sites is 1. The molecule has 0 bridgehead atoms. The molecule has 0 spiro atoms. The summed E-state index contributed by atoms with van der Waals surface area (Å²) in [6.45, 7) is 4.60. The standard InChI is InChI=1S/C26H29N3O5/c1-17(24(31)21-8-9-23-20(16-21)12-15-29(23)18(2)30)34-25(32)19-10-13-28(14-11-19)26(33)27-22-6-4-3-5-7-22/h3-9,16-17,19H,10-15H2,1-2H3,(H,27,33)/t17-/m1/s1. The maximum atomic E-state index is 12.9. The molecule has 2 aliphatic rings. The number of hydrogen-bond donors (Lipinski definition) is 1. The molecular weight excluding hydrogens is 434 g/mol. The highest BCUT2D eigenvalue weighted by molar-refractivity contribution is 6.02. The summed E-state index contributed by atoms with van der Waals surface area (Å²) in [4.78, 5) is 53.1. The van der Waals surface area contributed by atoms with Crippen molar-refractivity contribution < 1.29 is 23.9 Å². The third-order valence-corrected chi connectivity index (χ3v) is 6.44. The molecule has 1 saturated heterocycles. The van der Waals surface area contributed by atoms with Crippen LogP contribution in [-0.2, 0) is 20.7 Å². The third kappa shape index (κ3) is 5.11. The number of amides is 3. The van der Waals surface area contributed by atoms with Crippen LogP contribution in [0.3, 0.4) is 0 Å². The highest BCUT2D eigenvalue weighted by Crippen LogP contribution is 2.29. The summed E-state index contributed by atoms with van der Waals surface area (Å²) in [5.74, 6) is -1.05. The first kappa shape index (κ1) is 23.5. The van der Waals surface area contributed by atoms with Crippen molar-refractivity contribution in [3.63, 3.8) is 0 Å². The van der Waals surface area contributed by atoms with Gasteiger partial charge in [0.25, 0.3) is 0 Å². The first-order chi connectivity index (χ1) is 16.3. The number of benzene rings is 2. The fraction of sp³-hybridized carbons (Fsp3) is 0.385. The Morgan fingerprint density at radius 2 is 1.71 bits per heavy atom. The number of hydrogen-bond acceptors (Lipinski definition) is 5. The van der Waals surface area contributed by atoms with E-state index in [9.17, 15) is 19.2 Å². The Balaban J connectivity index is 1.28. The minimum Gasteiger partial charge on any atom is -0.454 e. The van der Waals surface area contributed by atoms with Crippen molar-refractivity contribution in [3.05, 3.63) is 59.7 Å². The van der Waals surface area contributed by atoms with Gasteiger partial charge in [-0.2, -0.15) is 0 Å². The van der Waals surface area contributed by atoms with E-state index in [1.54, 1.807) is 34.9 Å². The Morgan fingerprint density at radius 3 is 2.38 bits per heavy atom. The molecule has 0 aromatic heterocycles. The van der Waals surface area contributed by atoms with E-state index in [2.05, 4.69) is 5.32 Å². The summed E-state index contributed by atoms with van der Waals surface area (Å²) in [5, 5.41) is 2.85. The Bertz CT molecular complexity index is 1090. The molecule has 2 heterocycles. The van der Waals surface area contributed by atoms with Crippen LogP contribution in [0.5, 0.6) is 0 Å². The number of Topliss-reactive ketones (excluding diaryl/α,β-unsaturated/α-hetero) is 1. The SMILES string of the molecule is CC(=O)N1CCc2cc(C(=O)[C@@H](C)OC(=O)C3CCN(C(=O)Nc4ccccc4)CC3)ccc21. The fourth-order valence-corrected chi connectivity index (χ4v) is 4.48. The summed E-state index contributed by atoms with van der Waals surface area (Å²) in [6, 6.07) is 14.3. The van der Waals surface area contributed by atoms with Gasteiger partial charge in [0.15, 0.2) is 6.10 Å². The van der Waals surface area contributed by atoms with Gasteiger partial charge in [-0.3, -0.25) is 14.4 Å². The zero-order chi connectivity index (χ0) is 24.2. The average molecular weight is 464 g/mol. The Morgan fingerprint density at radius 1 is 1.00 bits per heavy atom. The number of likely N-dealkylation sites (tertiary alicyclic amines) is 1. The van der Waals surface area contributed by atoms with Crippen LogP contribution in [0, 0.1) is 5.92 Å². The Labute approximate surface area is 198 Å². The number of piperidine rings is 1. The third-order valence-electron chi connectivity index (χ3n) is 6.44. The van der Waals surface area contributed by atoms with E-state index in [1.165, 1.54) is 6.92 Å². The van der Waals surface area contributed by atoms with Gasteiger partial charge in [-0.05, 0) is 62.1 Å². The monoisotopic (exact) mass is 463 g/mol. The van der Waals surface area contributed by atoms with Crippen LogP contribution in [-0.4, -0.2) is 54.3 Å². The van der Waals surface area contributed by atoms with Crippen molar-refractivity contribution in [2.45, 2.75) is 39.2 Å². The minimum atomic E-state index is -0.907. The van der Waals surface area contributed by atoms with Crippen LogP contribution in [0.4, 0.5) is 16.2 Å². The molecule has 0 aliphatic carbocycles. The molecule has 4 rings (SSSR count). The zero-order valence-electron chi connectivity index (χ0n) is 19.5. The van der Waals surface area contributed by atoms with Crippen molar-refractivity contribution in [2.24, 2.45) is 5.92 Å². The van der Waals surface area contributed by atoms with Gasteiger partial charge >= 0.3 is 12.0 Å². The van der Waals surface area contributed by atoms with E-state index in [1.807, 2.05) is 30.3 Å². The van der Waals surface area contributed by atoms with Crippen LogP contribution in [0.1, 0.15) is 42.6 Å². The summed E-state index contributed by atoms with van der Waals surface area (Å²) in [5.41, 5.74) is 2.97. The predicted molar refractivity (Wildman–Crippen MR) is 128 cm³/mol. The van der Waals surface area contributed by atoms with Crippen LogP contribution in [0.25, 0.3) is 0 Å². The number of esters is 1. The van der Waals surface area contributed by atoms with Gasteiger partial charge in [0, 0.05) is 43.5 Å². The maximum Gasteiger partial charge on any atom is 0.321 e. The summed E-state index contributed by atoms with van der Waals surface area (Å²) in [7, 11) is 0. The Kier molecular flexibility index (Phi) is 6.95. The molecule has 178 valence electrons. The largest absolute Gasteiger partial charge is 0.454 e. The van der Waals surface area contributed by atoms with Gasteiger partial charge in [0.1, 0.15) is 0 Å². The maximum absolute atomic E-state index is 12.9. The molecule has 8 heteroatoms. The van der Waals surface area contributed by atoms with E-state index in [-0.39, 0.29) is 23.6 Å². The Hall–Kier alpha value is -3.68. The highest BCUT2D eigenvalue weighted by Gasteiger charge is 2.31. The minimum absolute atomic E-state index is 0.0243.